The Bertz CT molecular complexity index is 474. The molecule has 1 aromatic heterocycles. The second-order valence-corrected chi connectivity index (χ2v) is 4.20. The molecule has 0 amide bonds. The average Bonchev–Trinajstić information content (AvgIpc) is 2.32. The van der Waals surface area contributed by atoms with Gasteiger partial charge in [0.25, 0.3) is 0 Å². The second kappa shape index (κ2) is 5.07. The topological polar surface area (TPSA) is 24.9 Å². The Morgan fingerprint density at radius 3 is 2.88 bits per heavy atom. The Kier molecular flexibility index (Phi) is 3.51. The molecule has 2 rings (SSSR count). The van der Waals surface area contributed by atoms with E-state index in [9.17, 15) is 4.39 Å². The maximum atomic E-state index is 13.2. The van der Waals surface area contributed by atoms with E-state index in [1.54, 1.807) is 18.5 Å². The van der Waals surface area contributed by atoms with E-state index in [1.807, 2.05) is 18.2 Å². The van der Waals surface area contributed by atoms with Gasteiger partial charge in [-0.2, -0.15) is 0 Å². The molecule has 0 atom stereocenters. The zero-order valence-electron chi connectivity index (χ0n) is 8.45. The van der Waals surface area contributed by atoms with Crippen molar-refractivity contribution in [2.45, 2.75) is 6.54 Å². The number of halogens is 2. The lowest BCUT2D eigenvalue weighted by Crippen LogP contribution is -1.99. The number of hydrogen-bond donors (Lipinski definition) is 1. The SMILES string of the molecule is Fc1cc(CNc2cccnc2)ccc1Br. The summed E-state index contributed by atoms with van der Waals surface area (Å²) in [5.41, 5.74) is 1.82. The molecular formula is C12H10BrFN2. The van der Waals surface area contributed by atoms with E-state index in [1.165, 1.54) is 6.07 Å². The zero-order valence-corrected chi connectivity index (χ0v) is 10.0. The molecule has 0 bridgehead atoms. The van der Waals surface area contributed by atoms with Crippen molar-refractivity contribution in [1.82, 2.24) is 4.98 Å². The highest BCUT2D eigenvalue weighted by Gasteiger charge is 2.00. The van der Waals surface area contributed by atoms with Gasteiger partial charge in [-0.1, -0.05) is 6.07 Å². The Balaban J connectivity index is 2.03. The first-order valence-electron chi connectivity index (χ1n) is 4.83. The van der Waals surface area contributed by atoms with Crippen LogP contribution in [0.5, 0.6) is 0 Å². The molecule has 0 aliphatic carbocycles. The Morgan fingerprint density at radius 2 is 2.19 bits per heavy atom. The van der Waals surface area contributed by atoms with Gasteiger partial charge in [0, 0.05) is 18.9 Å². The van der Waals surface area contributed by atoms with E-state index in [2.05, 4.69) is 26.2 Å². The Labute approximate surface area is 102 Å². The van der Waals surface area contributed by atoms with Crippen molar-refractivity contribution in [3.63, 3.8) is 0 Å². The van der Waals surface area contributed by atoms with Crippen LogP contribution in [0.15, 0.2) is 47.2 Å². The van der Waals surface area contributed by atoms with E-state index in [0.717, 1.165) is 11.3 Å². The van der Waals surface area contributed by atoms with Crippen molar-refractivity contribution in [1.29, 1.82) is 0 Å². The number of hydrogen-bond acceptors (Lipinski definition) is 2. The van der Waals surface area contributed by atoms with Gasteiger partial charge in [-0.05, 0) is 45.8 Å². The van der Waals surface area contributed by atoms with Gasteiger partial charge in [0.15, 0.2) is 0 Å². The fraction of sp³-hybridized carbons (Fsp3) is 0.0833. The molecule has 1 N–H and O–H groups in total. The van der Waals surface area contributed by atoms with Crippen LogP contribution >= 0.6 is 15.9 Å². The van der Waals surface area contributed by atoms with Crippen LogP contribution in [0.4, 0.5) is 10.1 Å². The van der Waals surface area contributed by atoms with Crippen molar-refractivity contribution in [3.05, 3.63) is 58.6 Å². The average molecular weight is 281 g/mol. The predicted octanol–water partition coefficient (Wildman–Crippen LogP) is 3.60. The normalized spacial score (nSPS) is 10.1. The molecule has 0 aliphatic rings. The second-order valence-electron chi connectivity index (χ2n) is 3.34. The van der Waals surface area contributed by atoms with E-state index in [-0.39, 0.29) is 5.82 Å². The Morgan fingerprint density at radius 1 is 1.31 bits per heavy atom. The molecule has 1 heterocycles. The van der Waals surface area contributed by atoms with Crippen LogP contribution in [0.2, 0.25) is 0 Å². The lowest BCUT2D eigenvalue weighted by Gasteiger charge is -2.06. The summed E-state index contributed by atoms with van der Waals surface area (Å²) in [6.07, 6.45) is 3.44. The van der Waals surface area contributed by atoms with Crippen LogP contribution in [-0.2, 0) is 6.54 Å². The third kappa shape index (κ3) is 2.79. The molecule has 0 fully saturated rings. The first kappa shape index (κ1) is 11.1. The van der Waals surface area contributed by atoms with Crippen molar-refractivity contribution in [3.8, 4) is 0 Å². The van der Waals surface area contributed by atoms with E-state index >= 15 is 0 Å². The van der Waals surface area contributed by atoms with Gasteiger partial charge in [0.05, 0.1) is 10.2 Å². The van der Waals surface area contributed by atoms with Crippen LogP contribution in [0.25, 0.3) is 0 Å². The van der Waals surface area contributed by atoms with E-state index in [0.29, 0.717) is 11.0 Å². The predicted molar refractivity (Wildman–Crippen MR) is 65.7 cm³/mol. The minimum atomic E-state index is -0.245. The van der Waals surface area contributed by atoms with Gasteiger partial charge in [-0.15, -0.1) is 0 Å². The number of benzene rings is 1. The quantitative estimate of drug-likeness (QED) is 0.929. The fourth-order valence-corrected chi connectivity index (χ4v) is 1.57. The summed E-state index contributed by atoms with van der Waals surface area (Å²) in [4.78, 5) is 3.98. The molecule has 0 aliphatic heterocycles. The smallest absolute Gasteiger partial charge is 0.137 e. The number of anilines is 1. The summed E-state index contributed by atoms with van der Waals surface area (Å²) >= 11 is 3.12. The van der Waals surface area contributed by atoms with Crippen LogP contribution in [-0.4, -0.2) is 4.98 Å². The van der Waals surface area contributed by atoms with Gasteiger partial charge in [0.2, 0.25) is 0 Å². The lowest BCUT2D eigenvalue weighted by atomic mass is 10.2. The number of nitrogens with zero attached hydrogens (tertiary/aromatic N) is 1. The highest BCUT2D eigenvalue weighted by molar-refractivity contribution is 9.10. The summed E-state index contributed by atoms with van der Waals surface area (Å²) in [5.74, 6) is -0.245. The molecule has 82 valence electrons. The molecular weight excluding hydrogens is 271 g/mol. The Hall–Kier alpha value is -1.42. The highest BCUT2D eigenvalue weighted by atomic mass is 79.9. The van der Waals surface area contributed by atoms with Crippen LogP contribution in [0, 0.1) is 5.82 Å². The molecule has 16 heavy (non-hydrogen) atoms. The molecule has 0 radical (unpaired) electrons. The maximum absolute atomic E-state index is 13.2. The van der Waals surface area contributed by atoms with Crippen molar-refractivity contribution < 1.29 is 4.39 Å². The monoisotopic (exact) mass is 280 g/mol. The number of rotatable bonds is 3. The molecule has 2 aromatic rings. The summed E-state index contributed by atoms with van der Waals surface area (Å²) in [7, 11) is 0. The van der Waals surface area contributed by atoms with Gasteiger partial charge in [-0.25, -0.2) is 4.39 Å². The third-order valence-electron chi connectivity index (χ3n) is 2.14. The van der Waals surface area contributed by atoms with Crippen LogP contribution < -0.4 is 5.32 Å². The molecule has 0 spiro atoms. The molecule has 0 saturated heterocycles. The summed E-state index contributed by atoms with van der Waals surface area (Å²) in [5, 5.41) is 3.16. The van der Waals surface area contributed by atoms with Crippen molar-refractivity contribution >= 4 is 21.6 Å². The summed E-state index contributed by atoms with van der Waals surface area (Å²) < 4.78 is 13.7. The fourth-order valence-electron chi connectivity index (χ4n) is 1.32. The van der Waals surface area contributed by atoms with Crippen molar-refractivity contribution in [2.24, 2.45) is 0 Å². The van der Waals surface area contributed by atoms with Gasteiger partial charge in [0.1, 0.15) is 5.82 Å². The number of aromatic nitrogens is 1. The number of nitrogens with one attached hydrogen (secondary N) is 1. The van der Waals surface area contributed by atoms with E-state index in [4.69, 9.17) is 0 Å². The minimum absolute atomic E-state index is 0.245. The molecule has 1 aromatic carbocycles. The third-order valence-corrected chi connectivity index (χ3v) is 2.79. The van der Waals surface area contributed by atoms with Crippen LogP contribution in [0.3, 0.4) is 0 Å². The summed E-state index contributed by atoms with van der Waals surface area (Å²) in [6.45, 7) is 0.579. The highest BCUT2D eigenvalue weighted by Crippen LogP contribution is 2.17. The first-order valence-corrected chi connectivity index (χ1v) is 5.63. The molecule has 2 nitrogen and oxygen atoms in total. The van der Waals surface area contributed by atoms with Crippen LogP contribution in [0.1, 0.15) is 5.56 Å². The minimum Gasteiger partial charge on any atom is -0.380 e. The van der Waals surface area contributed by atoms with E-state index < -0.39 is 0 Å². The van der Waals surface area contributed by atoms with Gasteiger partial charge >= 0.3 is 0 Å². The van der Waals surface area contributed by atoms with Gasteiger partial charge in [-0.3, -0.25) is 4.98 Å². The molecule has 0 unspecified atom stereocenters. The summed E-state index contributed by atoms with van der Waals surface area (Å²) in [6, 6.07) is 8.85. The standard InChI is InChI=1S/C12H10BrFN2/c13-11-4-3-9(6-12(11)14)7-16-10-2-1-5-15-8-10/h1-6,8,16H,7H2. The molecule has 4 heteroatoms. The molecule has 0 saturated carbocycles. The number of pyridine rings is 1. The largest absolute Gasteiger partial charge is 0.380 e. The van der Waals surface area contributed by atoms with Crippen molar-refractivity contribution in [2.75, 3.05) is 5.32 Å². The first-order chi connectivity index (χ1) is 7.75. The maximum Gasteiger partial charge on any atom is 0.137 e. The zero-order chi connectivity index (χ0) is 11.4. The van der Waals surface area contributed by atoms with Gasteiger partial charge < -0.3 is 5.32 Å². The lowest BCUT2D eigenvalue weighted by molar-refractivity contribution is 0.619.